The molecule has 0 radical (unpaired) electrons. The first-order valence-electron chi connectivity index (χ1n) is 10.00. The van der Waals surface area contributed by atoms with Gasteiger partial charge < -0.3 is 14.4 Å². The Labute approximate surface area is 177 Å². The molecule has 0 unspecified atom stereocenters. The lowest BCUT2D eigenvalue weighted by Crippen LogP contribution is -2.48. The molecule has 0 spiro atoms. The molecule has 4 heterocycles. The maximum Gasteiger partial charge on any atom is 0.230 e. The number of anilines is 1. The van der Waals surface area contributed by atoms with E-state index in [1.54, 1.807) is 12.3 Å². The minimum Gasteiger partial charge on any atom is -0.492 e. The van der Waals surface area contributed by atoms with Gasteiger partial charge in [0.15, 0.2) is 5.82 Å². The molecule has 0 aliphatic carbocycles. The van der Waals surface area contributed by atoms with Crippen molar-refractivity contribution in [2.45, 2.75) is 19.4 Å². The van der Waals surface area contributed by atoms with Crippen LogP contribution in [0.5, 0.6) is 5.88 Å². The van der Waals surface area contributed by atoms with Crippen LogP contribution in [0.2, 0.25) is 0 Å². The Morgan fingerprint density at radius 1 is 1.17 bits per heavy atom. The van der Waals surface area contributed by atoms with Gasteiger partial charge in [0.25, 0.3) is 0 Å². The summed E-state index contributed by atoms with van der Waals surface area (Å²) in [5.74, 6) is 1.35. The Kier molecular flexibility index (Phi) is 4.92. The van der Waals surface area contributed by atoms with E-state index < -0.39 is 0 Å². The molecule has 5 rings (SSSR count). The largest absolute Gasteiger partial charge is 0.492 e. The van der Waals surface area contributed by atoms with Crippen molar-refractivity contribution in [3.8, 4) is 5.88 Å². The number of benzene rings is 1. The SMILES string of the molecule is CCc1nc2sc([C@@H](c3ccco3)N3CCN(c4ccccc4F)CC3)c(O)n2n1. The number of rotatable bonds is 5. The smallest absolute Gasteiger partial charge is 0.230 e. The van der Waals surface area contributed by atoms with Crippen LogP contribution in [-0.4, -0.2) is 50.8 Å². The standard InChI is InChI=1S/C21H22FN5O2S/c1-2-17-23-21-27(24-17)20(28)19(30-21)18(16-8-5-13-29-16)26-11-9-25(10-12-26)15-7-4-3-6-14(15)22/h3-8,13,18,28H,2,9-12H2,1H3/t18-/m1/s1. The van der Waals surface area contributed by atoms with Crippen molar-refractivity contribution in [2.75, 3.05) is 31.1 Å². The Morgan fingerprint density at radius 2 is 1.97 bits per heavy atom. The summed E-state index contributed by atoms with van der Waals surface area (Å²) in [5.41, 5.74) is 0.625. The summed E-state index contributed by atoms with van der Waals surface area (Å²) in [5, 5.41) is 15.3. The zero-order valence-electron chi connectivity index (χ0n) is 16.5. The molecule has 1 atom stereocenters. The van der Waals surface area contributed by atoms with Crippen LogP contribution in [0.3, 0.4) is 0 Å². The number of para-hydroxylation sites is 1. The van der Waals surface area contributed by atoms with Crippen molar-refractivity contribution < 1.29 is 13.9 Å². The van der Waals surface area contributed by atoms with Gasteiger partial charge >= 0.3 is 0 Å². The first-order valence-corrected chi connectivity index (χ1v) is 10.8. The molecule has 1 aromatic carbocycles. The molecule has 1 aliphatic rings. The van der Waals surface area contributed by atoms with Crippen LogP contribution in [-0.2, 0) is 6.42 Å². The highest BCUT2D eigenvalue weighted by Gasteiger charge is 2.33. The van der Waals surface area contributed by atoms with E-state index in [-0.39, 0.29) is 17.7 Å². The summed E-state index contributed by atoms with van der Waals surface area (Å²) in [6.07, 6.45) is 2.35. The molecule has 0 bridgehead atoms. The number of piperazine rings is 1. The van der Waals surface area contributed by atoms with Crippen molar-refractivity contribution in [2.24, 2.45) is 0 Å². The van der Waals surface area contributed by atoms with E-state index >= 15 is 0 Å². The van der Waals surface area contributed by atoms with Crippen LogP contribution < -0.4 is 4.90 Å². The molecule has 0 saturated carbocycles. The molecule has 1 fully saturated rings. The van der Waals surface area contributed by atoms with Crippen LogP contribution in [0.25, 0.3) is 4.96 Å². The lowest BCUT2D eigenvalue weighted by molar-refractivity contribution is 0.190. The molecule has 3 aromatic heterocycles. The summed E-state index contributed by atoms with van der Waals surface area (Å²) >= 11 is 1.42. The number of aryl methyl sites for hydroxylation is 1. The van der Waals surface area contributed by atoms with Crippen molar-refractivity contribution in [1.82, 2.24) is 19.5 Å². The van der Waals surface area contributed by atoms with E-state index in [0.717, 1.165) is 10.6 Å². The topological polar surface area (TPSA) is 70.0 Å². The van der Waals surface area contributed by atoms with Crippen LogP contribution >= 0.6 is 11.3 Å². The number of thiazole rings is 1. The number of nitrogens with zero attached hydrogens (tertiary/aromatic N) is 5. The molecule has 0 amide bonds. The Morgan fingerprint density at radius 3 is 2.63 bits per heavy atom. The van der Waals surface area contributed by atoms with E-state index in [1.165, 1.54) is 21.9 Å². The van der Waals surface area contributed by atoms with Gasteiger partial charge in [-0.25, -0.2) is 9.37 Å². The van der Waals surface area contributed by atoms with Gasteiger partial charge in [-0.3, -0.25) is 4.90 Å². The van der Waals surface area contributed by atoms with E-state index in [4.69, 9.17) is 4.42 Å². The first kappa shape index (κ1) is 19.1. The normalized spacial score (nSPS) is 16.4. The Bertz CT molecular complexity index is 1150. The van der Waals surface area contributed by atoms with E-state index in [1.807, 2.05) is 31.2 Å². The van der Waals surface area contributed by atoms with Crippen molar-refractivity contribution in [1.29, 1.82) is 0 Å². The molecule has 30 heavy (non-hydrogen) atoms. The zero-order valence-corrected chi connectivity index (χ0v) is 17.3. The summed E-state index contributed by atoms with van der Waals surface area (Å²) in [4.78, 5) is 10.2. The highest BCUT2D eigenvalue weighted by molar-refractivity contribution is 7.17. The van der Waals surface area contributed by atoms with Gasteiger partial charge in [0.05, 0.1) is 16.8 Å². The van der Waals surface area contributed by atoms with Crippen LogP contribution in [0.1, 0.15) is 29.4 Å². The fourth-order valence-electron chi connectivity index (χ4n) is 3.97. The predicted molar refractivity (Wildman–Crippen MR) is 113 cm³/mol. The summed E-state index contributed by atoms with van der Waals surface area (Å²) in [7, 11) is 0. The molecule has 4 aromatic rings. The third-order valence-corrected chi connectivity index (χ3v) is 6.57. The number of aromatic nitrogens is 3. The fourth-order valence-corrected chi connectivity index (χ4v) is 5.09. The molecule has 1 N–H and O–H groups in total. The van der Waals surface area contributed by atoms with Gasteiger partial charge in [-0.1, -0.05) is 30.4 Å². The highest BCUT2D eigenvalue weighted by Crippen LogP contribution is 2.40. The number of aromatic hydroxyl groups is 1. The average molecular weight is 428 g/mol. The minimum absolute atomic E-state index is 0.0973. The average Bonchev–Trinajstić information content (AvgIpc) is 3.49. The maximum absolute atomic E-state index is 14.2. The zero-order chi connectivity index (χ0) is 20.7. The third-order valence-electron chi connectivity index (χ3n) is 5.49. The summed E-state index contributed by atoms with van der Waals surface area (Å²) in [6, 6.07) is 10.4. The van der Waals surface area contributed by atoms with E-state index in [2.05, 4.69) is 19.9 Å². The van der Waals surface area contributed by atoms with Gasteiger partial charge in [-0.15, -0.1) is 5.10 Å². The van der Waals surface area contributed by atoms with Crippen LogP contribution in [0.4, 0.5) is 10.1 Å². The number of furan rings is 1. The van der Waals surface area contributed by atoms with Crippen molar-refractivity contribution in [3.05, 3.63) is 64.9 Å². The van der Waals surface area contributed by atoms with Gasteiger partial charge in [-0.2, -0.15) is 4.52 Å². The third kappa shape index (κ3) is 3.23. The summed E-state index contributed by atoms with van der Waals surface area (Å²) in [6.45, 7) is 4.75. The highest BCUT2D eigenvalue weighted by atomic mass is 32.1. The monoisotopic (exact) mass is 427 g/mol. The number of hydrogen-bond donors (Lipinski definition) is 1. The lowest BCUT2D eigenvalue weighted by Gasteiger charge is -2.39. The molecular formula is C21H22FN5O2S. The number of halogens is 1. The second kappa shape index (κ2) is 7.73. The van der Waals surface area contributed by atoms with Crippen molar-refractivity contribution in [3.63, 3.8) is 0 Å². The van der Waals surface area contributed by atoms with Crippen LogP contribution in [0.15, 0.2) is 47.1 Å². The van der Waals surface area contributed by atoms with Gasteiger partial charge in [0, 0.05) is 32.6 Å². The molecule has 156 valence electrons. The molecule has 7 nitrogen and oxygen atoms in total. The second-order valence-corrected chi connectivity index (χ2v) is 8.27. The molecule has 9 heteroatoms. The molecular weight excluding hydrogens is 405 g/mol. The van der Waals surface area contributed by atoms with Crippen molar-refractivity contribution >= 4 is 22.0 Å². The Balaban J connectivity index is 1.44. The quantitative estimate of drug-likeness (QED) is 0.524. The van der Waals surface area contributed by atoms with Gasteiger partial charge in [-0.05, 0) is 24.3 Å². The number of hydrogen-bond acceptors (Lipinski definition) is 7. The van der Waals surface area contributed by atoms with E-state index in [9.17, 15) is 9.50 Å². The predicted octanol–water partition coefficient (Wildman–Crippen LogP) is 3.70. The minimum atomic E-state index is -0.249. The van der Waals surface area contributed by atoms with Crippen LogP contribution in [0, 0.1) is 5.82 Å². The van der Waals surface area contributed by atoms with E-state index in [0.29, 0.717) is 49.1 Å². The maximum atomic E-state index is 14.2. The summed E-state index contributed by atoms with van der Waals surface area (Å²) < 4.78 is 21.4. The molecule has 1 aliphatic heterocycles. The van der Waals surface area contributed by atoms with Gasteiger partial charge in [0.2, 0.25) is 10.8 Å². The number of fused-ring (bicyclic) bond motifs is 1. The second-order valence-electron chi connectivity index (χ2n) is 7.26. The Hall–Kier alpha value is -2.91. The fraction of sp³-hybridized carbons (Fsp3) is 0.333. The first-order chi connectivity index (χ1) is 14.7. The lowest BCUT2D eigenvalue weighted by atomic mass is 10.1. The van der Waals surface area contributed by atoms with Gasteiger partial charge in [0.1, 0.15) is 17.6 Å². The molecule has 1 saturated heterocycles.